The maximum Gasteiger partial charge on any atom is 0.302 e. The number of hydrogen-bond donors (Lipinski definition) is 2. The zero-order valence-corrected chi connectivity index (χ0v) is 17.6. The molecule has 0 saturated heterocycles. The average molecular weight is 430 g/mol. The number of hydrogen-bond acceptors (Lipinski definition) is 5. The Labute approximate surface area is 177 Å². The quantitative estimate of drug-likeness (QED) is 0.472. The Morgan fingerprint density at radius 3 is 2.83 bits per heavy atom. The van der Waals surface area contributed by atoms with Crippen molar-refractivity contribution in [3.8, 4) is 5.69 Å². The lowest BCUT2D eigenvalue weighted by Crippen LogP contribution is -2.36. The van der Waals surface area contributed by atoms with E-state index in [9.17, 15) is 4.79 Å². The number of aryl methyl sites for hydroxylation is 1. The van der Waals surface area contributed by atoms with Crippen LogP contribution in [0, 0.1) is 12.8 Å². The Kier molecular flexibility index (Phi) is 6.01. The van der Waals surface area contributed by atoms with Crippen LogP contribution in [0.5, 0.6) is 0 Å². The zero-order chi connectivity index (χ0) is 20.2. The fourth-order valence-corrected chi connectivity index (χ4v) is 4.42. The van der Waals surface area contributed by atoms with E-state index in [1.165, 1.54) is 30.6 Å². The number of carbonyl (C=O) groups is 1. The fraction of sp³-hybridized carbons (Fsp3) is 0.350. The summed E-state index contributed by atoms with van der Waals surface area (Å²) in [6.45, 7) is 1.84. The van der Waals surface area contributed by atoms with Crippen LogP contribution in [0.25, 0.3) is 11.3 Å². The number of rotatable bonds is 5. The maximum atomic E-state index is 13.1. The molecule has 1 fully saturated rings. The van der Waals surface area contributed by atoms with Gasteiger partial charge in [-0.1, -0.05) is 48.2 Å². The number of tetrazole rings is 1. The number of thiazole rings is 1. The van der Waals surface area contributed by atoms with Crippen molar-refractivity contribution in [3.63, 3.8) is 0 Å². The SMILES string of the molecule is Cc1nn[nH][n+]1-c1ccc(/C(=C\C2CCCCC2)C(=O)Nc2nccs2)cc1Cl. The third-order valence-corrected chi connectivity index (χ3v) is 6.10. The highest BCUT2D eigenvalue weighted by atomic mass is 35.5. The van der Waals surface area contributed by atoms with Crippen LogP contribution in [-0.2, 0) is 4.79 Å². The van der Waals surface area contributed by atoms with E-state index in [-0.39, 0.29) is 5.91 Å². The Morgan fingerprint density at radius 2 is 2.17 bits per heavy atom. The second-order valence-corrected chi connectivity index (χ2v) is 8.42. The minimum Gasteiger partial charge on any atom is -0.298 e. The molecular weight excluding hydrogens is 408 g/mol. The number of benzene rings is 1. The van der Waals surface area contributed by atoms with Crippen LogP contribution in [0.15, 0.2) is 35.9 Å². The number of halogens is 1. The molecule has 3 aromatic rings. The lowest BCUT2D eigenvalue weighted by molar-refractivity contribution is -0.666. The number of aromatic amines is 1. The molecule has 1 saturated carbocycles. The van der Waals surface area contributed by atoms with Crippen molar-refractivity contribution < 1.29 is 9.48 Å². The number of carbonyl (C=O) groups excluding carboxylic acids is 1. The molecule has 0 spiro atoms. The van der Waals surface area contributed by atoms with E-state index >= 15 is 0 Å². The van der Waals surface area contributed by atoms with Crippen LogP contribution in [0.3, 0.4) is 0 Å². The maximum absolute atomic E-state index is 13.1. The summed E-state index contributed by atoms with van der Waals surface area (Å²) >= 11 is 7.96. The predicted molar refractivity (Wildman–Crippen MR) is 113 cm³/mol. The molecule has 7 nitrogen and oxygen atoms in total. The standard InChI is InChI=1S/C20H21ClN6OS/c1-13-24-25-26-27(13)18-8-7-15(12-17(18)21)16(11-14-5-3-2-4-6-14)19(28)23-20-22-9-10-29-20/h7-12,14H,2-6H2,1H3,(H,22,23,28)/p+1/b16-11+. The Morgan fingerprint density at radius 1 is 1.34 bits per heavy atom. The fourth-order valence-electron chi connectivity index (χ4n) is 3.63. The minimum atomic E-state index is -0.165. The summed E-state index contributed by atoms with van der Waals surface area (Å²) < 4.78 is 1.70. The monoisotopic (exact) mass is 429 g/mol. The number of nitrogens with zero attached hydrogens (tertiary/aromatic N) is 4. The third kappa shape index (κ3) is 4.54. The van der Waals surface area contributed by atoms with E-state index < -0.39 is 0 Å². The van der Waals surface area contributed by atoms with Gasteiger partial charge < -0.3 is 0 Å². The van der Waals surface area contributed by atoms with Crippen molar-refractivity contribution >= 4 is 39.5 Å². The largest absolute Gasteiger partial charge is 0.302 e. The van der Waals surface area contributed by atoms with E-state index in [0.717, 1.165) is 24.1 Å². The Balaban J connectivity index is 1.68. The van der Waals surface area contributed by atoms with Crippen molar-refractivity contribution in [1.82, 2.24) is 20.5 Å². The topological polar surface area (TPSA) is 87.4 Å². The van der Waals surface area contributed by atoms with E-state index in [1.807, 2.05) is 30.5 Å². The van der Waals surface area contributed by atoms with Crippen LogP contribution in [0.4, 0.5) is 5.13 Å². The molecule has 0 bridgehead atoms. The second-order valence-electron chi connectivity index (χ2n) is 7.12. The van der Waals surface area contributed by atoms with Gasteiger partial charge in [0.05, 0.1) is 5.02 Å². The molecule has 29 heavy (non-hydrogen) atoms. The van der Waals surface area contributed by atoms with Gasteiger partial charge in [-0.05, 0) is 36.5 Å². The number of allylic oxidation sites excluding steroid dienone is 1. The summed E-state index contributed by atoms with van der Waals surface area (Å²) in [6, 6.07) is 5.60. The van der Waals surface area contributed by atoms with Gasteiger partial charge >= 0.3 is 5.82 Å². The molecule has 1 aliphatic rings. The highest BCUT2D eigenvalue weighted by molar-refractivity contribution is 7.13. The lowest BCUT2D eigenvalue weighted by atomic mass is 9.86. The van der Waals surface area contributed by atoms with Crippen LogP contribution < -0.4 is 10.00 Å². The van der Waals surface area contributed by atoms with Crippen molar-refractivity contribution in [2.45, 2.75) is 39.0 Å². The molecule has 1 amide bonds. The summed E-state index contributed by atoms with van der Waals surface area (Å²) in [7, 11) is 0. The average Bonchev–Trinajstić information content (AvgIpc) is 3.38. The van der Waals surface area contributed by atoms with E-state index in [2.05, 4.69) is 31.9 Å². The summed E-state index contributed by atoms with van der Waals surface area (Å²) in [5, 5.41) is 16.4. The highest BCUT2D eigenvalue weighted by Crippen LogP contribution is 2.30. The van der Waals surface area contributed by atoms with Gasteiger partial charge in [0, 0.05) is 24.1 Å². The summed E-state index contributed by atoms with van der Waals surface area (Å²) in [5.41, 5.74) is 2.14. The van der Waals surface area contributed by atoms with Gasteiger partial charge in [-0.15, -0.1) is 16.0 Å². The first kappa shape index (κ1) is 19.7. The van der Waals surface area contributed by atoms with Crippen LogP contribution >= 0.6 is 22.9 Å². The smallest absolute Gasteiger partial charge is 0.298 e. The third-order valence-electron chi connectivity index (χ3n) is 5.11. The van der Waals surface area contributed by atoms with Gasteiger partial charge in [-0.25, -0.2) is 4.98 Å². The van der Waals surface area contributed by atoms with Gasteiger partial charge in [0.25, 0.3) is 5.91 Å². The van der Waals surface area contributed by atoms with Gasteiger partial charge in [-0.2, -0.15) is 0 Å². The molecule has 2 N–H and O–H groups in total. The number of amides is 1. The first-order chi connectivity index (χ1) is 14.1. The summed E-state index contributed by atoms with van der Waals surface area (Å²) in [6.07, 6.45) is 9.65. The van der Waals surface area contributed by atoms with E-state index in [1.54, 1.807) is 10.9 Å². The predicted octanol–water partition coefficient (Wildman–Crippen LogP) is 4.10. The van der Waals surface area contributed by atoms with Gasteiger partial charge in [0.2, 0.25) is 0 Å². The highest BCUT2D eigenvalue weighted by Gasteiger charge is 2.21. The summed E-state index contributed by atoms with van der Waals surface area (Å²) in [5.74, 6) is 0.924. The molecule has 1 aliphatic carbocycles. The van der Waals surface area contributed by atoms with Crippen molar-refractivity contribution in [2.75, 3.05) is 5.32 Å². The van der Waals surface area contributed by atoms with E-state index in [4.69, 9.17) is 11.6 Å². The van der Waals surface area contributed by atoms with Gasteiger partial charge in [-0.3, -0.25) is 10.1 Å². The molecule has 0 aliphatic heterocycles. The van der Waals surface area contributed by atoms with Crippen molar-refractivity contribution in [2.24, 2.45) is 5.92 Å². The van der Waals surface area contributed by atoms with Crippen molar-refractivity contribution in [1.29, 1.82) is 0 Å². The molecule has 150 valence electrons. The van der Waals surface area contributed by atoms with Crippen LogP contribution in [0.1, 0.15) is 43.5 Å². The molecule has 2 aromatic heterocycles. The van der Waals surface area contributed by atoms with Crippen molar-refractivity contribution in [3.05, 3.63) is 52.3 Å². The molecule has 2 heterocycles. The summed E-state index contributed by atoms with van der Waals surface area (Å²) in [4.78, 5) is 17.2. The Hall–Kier alpha value is -2.58. The van der Waals surface area contributed by atoms with Gasteiger partial charge in [0.1, 0.15) is 10.8 Å². The number of nitrogens with one attached hydrogen (secondary N) is 2. The number of aromatic nitrogens is 5. The molecule has 0 atom stereocenters. The first-order valence-corrected chi connectivity index (χ1v) is 10.9. The molecular formula is C20H22ClN6OS+. The molecule has 4 rings (SSSR count). The Bertz CT molecular complexity index is 1020. The van der Waals surface area contributed by atoms with Gasteiger partial charge in [0.15, 0.2) is 10.3 Å². The number of H-pyrrole nitrogens is 1. The molecule has 9 heteroatoms. The first-order valence-electron chi connectivity index (χ1n) is 9.64. The second kappa shape index (κ2) is 8.84. The molecule has 0 unspecified atom stereocenters. The minimum absolute atomic E-state index is 0.165. The molecule has 0 radical (unpaired) electrons. The number of anilines is 1. The van der Waals surface area contributed by atoms with Crippen LogP contribution in [-0.4, -0.2) is 26.4 Å². The normalized spacial score (nSPS) is 15.4. The van der Waals surface area contributed by atoms with E-state index in [0.29, 0.717) is 27.5 Å². The van der Waals surface area contributed by atoms with Crippen LogP contribution in [0.2, 0.25) is 5.02 Å². The zero-order valence-electron chi connectivity index (χ0n) is 16.1. The molecule has 1 aromatic carbocycles. The lowest BCUT2D eigenvalue weighted by Gasteiger charge is -2.20.